The lowest BCUT2D eigenvalue weighted by Crippen LogP contribution is -2.36. The zero-order chi connectivity index (χ0) is 9.84. The van der Waals surface area contributed by atoms with Crippen LogP contribution in [0.5, 0.6) is 5.75 Å². The van der Waals surface area contributed by atoms with Crippen LogP contribution in [0.2, 0.25) is 0 Å². The predicted octanol–water partition coefficient (Wildman–Crippen LogP) is -0.427. The highest BCUT2D eigenvalue weighted by Gasteiger charge is 2.11. The number of aromatic hydroxyl groups is 1. The van der Waals surface area contributed by atoms with E-state index in [1.54, 1.807) is 12.1 Å². The van der Waals surface area contributed by atoms with Gasteiger partial charge in [0, 0.05) is 0 Å². The van der Waals surface area contributed by atoms with E-state index in [-0.39, 0.29) is 5.75 Å². The van der Waals surface area contributed by atoms with Crippen LogP contribution in [0.1, 0.15) is 5.56 Å². The molecule has 1 unspecified atom stereocenters. The molecule has 0 fully saturated rings. The number of rotatable bonds is 3. The molecule has 4 nitrogen and oxygen atoms in total. The largest absolute Gasteiger partial charge is 0.508 e. The first kappa shape index (κ1) is 9.98. The summed E-state index contributed by atoms with van der Waals surface area (Å²) in [5, 5.41) is 26.4. The molecule has 0 bridgehead atoms. The molecule has 5 N–H and O–H groups in total. The van der Waals surface area contributed by atoms with Crippen molar-refractivity contribution < 1.29 is 15.3 Å². The van der Waals surface area contributed by atoms with Gasteiger partial charge in [-0.2, -0.15) is 0 Å². The van der Waals surface area contributed by atoms with Gasteiger partial charge in [-0.15, -0.1) is 0 Å². The molecule has 4 heteroatoms. The second kappa shape index (κ2) is 4.23. The fourth-order valence-corrected chi connectivity index (χ4v) is 1.01. The molecule has 1 aromatic carbocycles. The number of aliphatic hydroxyl groups is 2. The van der Waals surface area contributed by atoms with Gasteiger partial charge in [-0.1, -0.05) is 12.1 Å². The quantitative estimate of drug-likeness (QED) is 0.479. The third kappa shape index (κ3) is 3.02. The van der Waals surface area contributed by atoms with Crippen molar-refractivity contribution >= 4 is 0 Å². The lowest BCUT2D eigenvalue weighted by molar-refractivity contribution is -0.0577. The molecule has 0 aliphatic rings. The molecule has 0 radical (unpaired) electrons. The first-order valence-electron chi connectivity index (χ1n) is 3.99. The van der Waals surface area contributed by atoms with Gasteiger partial charge in [0.15, 0.2) is 6.29 Å². The molecular formula is C9H13NO3. The molecule has 1 atom stereocenters. The topological polar surface area (TPSA) is 86.7 Å². The van der Waals surface area contributed by atoms with Crippen LogP contribution in [0.4, 0.5) is 0 Å². The van der Waals surface area contributed by atoms with Gasteiger partial charge in [0.05, 0.1) is 6.04 Å². The Balaban J connectivity index is 2.59. The predicted molar refractivity (Wildman–Crippen MR) is 48.0 cm³/mol. The summed E-state index contributed by atoms with van der Waals surface area (Å²) in [6.45, 7) is 0. The van der Waals surface area contributed by atoms with E-state index in [1.807, 2.05) is 0 Å². The molecule has 13 heavy (non-hydrogen) atoms. The van der Waals surface area contributed by atoms with Crippen LogP contribution in [0, 0.1) is 0 Å². The average molecular weight is 183 g/mol. The van der Waals surface area contributed by atoms with Crippen LogP contribution >= 0.6 is 0 Å². The van der Waals surface area contributed by atoms with Gasteiger partial charge in [0.1, 0.15) is 5.75 Å². The third-order valence-electron chi connectivity index (χ3n) is 1.79. The van der Waals surface area contributed by atoms with Crippen molar-refractivity contribution in [2.45, 2.75) is 18.8 Å². The highest BCUT2D eigenvalue weighted by atomic mass is 16.5. The number of benzene rings is 1. The summed E-state index contributed by atoms with van der Waals surface area (Å²) < 4.78 is 0. The van der Waals surface area contributed by atoms with Crippen molar-refractivity contribution in [2.24, 2.45) is 5.73 Å². The maximum absolute atomic E-state index is 8.97. The van der Waals surface area contributed by atoms with E-state index in [9.17, 15) is 0 Å². The molecule has 0 aliphatic heterocycles. The second-order valence-corrected chi connectivity index (χ2v) is 2.95. The van der Waals surface area contributed by atoms with Gasteiger partial charge in [-0.05, 0) is 24.1 Å². The molecule has 1 aromatic rings. The number of aliphatic hydroxyl groups excluding tert-OH is 1. The van der Waals surface area contributed by atoms with Gasteiger partial charge >= 0.3 is 0 Å². The van der Waals surface area contributed by atoms with Gasteiger partial charge in [0.25, 0.3) is 0 Å². The van der Waals surface area contributed by atoms with E-state index >= 15 is 0 Å². The van der Waals surface area contributed by atoms with Crippen LogP contribution in [-0.2, 0) is 6.42 Å². The van der Waals surface area contributed by atoms with Crippen molar-refractivity contribution in [3.05, 3.63) is 29.8 Å². The Morgan fingerprint density at radius 1 is 1.15 bits per heavy atom. The molecule has 0 aromatic heterocycles. The molecule has 1 rings (SSSR count). The van der Waals surface area contributed by atoms with Gasteiger partial charge in [0.2, 0.25) is 0 Å². The monoisotopic (exact) mass is 183 g/mol. The second-order valence-electron chi connectivity index (χ2n) is 2.95. The van der Waals surface area contributed by atoms with E-state index in [4.69, 9.17) is 21.1 Å². The molecule has 72 valence electrons. The summed E-state index contributed by atoms with van der Waals surface area (Å²) >= 11 is 0. The number of phenolic OH excluding ortho intramolecular Hbond substituents is 1. The van der Waals surface area contributed by atoms with Crippen molar-refractivity contribution in [1.29, 1.82) is 0 Å². The van der Waals surface area contributed by atoms with E-state index in [0.29, 0.717) is 6.42 Å². The first-order valence-corrected chi connectivity index (χ1v) is 3.99. The van der Waals surface area contributed by atoms with Gasteiger partial charge < -0.3 is 21.1 Å². The van der Waals surface area contributed by atoms with Crippen LogP contribution < -0.4 is 5.73 Å². The first-order chi connectivity index (χ1) is 6.09. The zero-order valence-corrected chi connectivity index (χ0v) is 7.09. The Hall–Kier alpha value is -1.10. The lowest BCUT2D eigenvalue weighted by Gasteiger charge is -2.13. The number of phenols is 1. The van der Waals surface area contributed by atoms with E-state index in [2.05, 4.69) is 0 Å². The summed E-state index contributed by atoms with van der Waals surface area (Å²) in [6.07, 6.45) is -1.13. The Labute approximate surface area is 76.2 Å². The molecule has 0 saturated heterocycles. The molecule has 0 aliphatic carbocycles. The Morgan fingerprint density at radius 2 is 1.69 bits per heavy atom. The summed E-state index contributed by atoms with van der Waals surface area (Å²) in [7, 11) is 0. The van der Waals surface area contributed by atoms with E-state index in [0.717, 1.165) is 5.56 Å². The Morgan fingerprint density at radius 3 is 2.15 bits per heavy atom. The van der Waals surface area contributed by atoms with Crippen LogP contribution in [-0.4, -0.2) is 27.7 Å². The van der Waals surface area contributed by atoms with Gasteiger partial charge in [-0.25, -0.2) is 0 Å². The maximum atomic E-state index is 8.97. The SMILES string of the molecule is NC(Cc1ccc(O)cc1)C(O)O. The maximum Gasteiger partial charge on any atom is 0.167 e. The summed E-state index contributed by atoms with van der Waals surface area (Å²) in [5.74, 6) is 0.182. The fourth-order valence-electron chi connectivity index (χ4n) is 1.01. The summed E-state index contributed by atoms with van der Waals surface area (Å²) in [5.41, 5.74) is 6.28. The average Bonchev–Trinajstić information content (AvgIpc) is 2.08. The summed E-state index contributed by atoms with van der Waals surface area (Å²) in [4.78, 5) is 0. The Bertz CT molecular complexity index is 258. The van der Waals surface area contributed by atoms with E-state index < -0.39 is 12.3 Å². The standard InChI is InChI=1S/C9H13NO3/c10-8(9(12)13)5-6-1-3-7(11)4-2-6/h1-4,8-9,11-13H,5,10H2. The third-order valence-corrected chi connectivity index (χ3v) is 1.79. The van der Waals surface area contributed by atoms with Crippen molar-refractivity contribution in [3.8, 4) is 5.75 Å². The smallest absolute Gasteiger partial charge is 0.167 e. The number of nitrogens with two attached hydrogens (primary N) is 1. The highest BCUT2D eigenvalue weighted by molar-refractivity contribution is 5.26. The van der Waals surface area contributed by atoms with Crippen LogP contribution in [0.25, 0.3) is 0 Å². The van der Waals surface area contributed by atoms with Crippen molar-refractivity contribution in [3.63, 3.8) is 0 Å². The van der Waals surface area contributed by atoms with E-state index in [1.165, 1.54) is 12.1 Å². The highest BCUT2D eigenvalue weighted by Crippen LogP contribution is 2.11. The molecular weight excluding hydrogens is 170 g/mol. The fraction of sp³-hybridized carbons (Fsp3) is 0.333. The molecule has 0 saturated carbocycles. The minimum absolute atomic E-state index is 0.182. The normalized spacial score (nSPS) is 13.2. The minimum atomic E-state index is -1.51. The number of hydrogen-bond acceptors (Lipinski definition) is 4. The molecule has 0 amide bonds. The number of hydrogen-bond donors (Lipinski definition) is 4. The molecule has 0 heterocycles. The van der Waals surface area contributed by atoms with Crippen LogP contribution in [0.15, 0.2) is 24.3 Å². The Kier molecular flexibility index (Phi) is 3.25. The zero-order valence-electron chi connectivity index (χ0n) is 7.09. The van der Waals surface area contributed by atoms with Crippen molar-refractivity contribution in [2.75, 3.05) is 0 Å². The summed E-state index contributed by atoms with van der Waals surface area (Å²) in [6, 6.07) is 5.76. The lowest BCUT2D eigenvalue weighted by atomic mass is 10.1. The molecule has 0 spiro atoms. The minimum Gasteiger partial charge on any atom is -0.508 e. The van der Waals surface area contributed by atoms with Crippen LogP contribution in [0.3, 0.4) is 0 Å². The van der Waals surface area contributed by atoms with Gasteiger partial charge in [-0.3, -0.25) is 0 Å². The van der Waals surface area contributed by atoms with Crippen molar-refractivity contribution in [1.82, 2.24) is 0 Å².